The molecule has 5 nitrogen and oxygen atoms in total. The number of benzene rings is 1. The molecule has 0 N–H and O–H groups in total. The van der Waals surface area contributed by atoms with E-state index in [2.05, 4.69) is 4.98 Å². The molecular weight excluding hydrogens is 352 g/mol. The average molecular weight is 377 g/mol. The number of carbonyl (C=O) groups excluding carboxylic acids is 1. The Morgan fingerprint density at radius 3 is 2.96 bits per heavy atom. The monoisotopic (exact) mass is 376 g/mol. The molecule has 0 bridgehead atoms. The Labute approximate surface area is 159 Å². The lowest BCUT2D eigenvalue weighted by atomic mass is 9.98. The summed E-state index contributed by atoms with van der Waals surface area (Å²) in [5.41, 5.74) is 0.212. The van der Waals surface area contributed by atoms with Crippen LogP contribution < -0.4 is 0 Å². The Kier molecular flexibility index (Phi) is 5.68. The van der Waals surface area contributed by atoms with E-state index in [-0.39, 0.29) is 11.9 Å². The van der Waals surface area contributed by atoms with Gasteiger partial charge in [-0.25, -0.2) is 4.98 Å². The Balaban J connectivity index is 1.78. The first kappa shape index (κ1) is 18.9. The van der Waals surface area contributed by atoms with Crippen LogP contribution in [0.5, 0.6) is 0 Å². The molecular formula is C20H25ClN2O3. The van der Waals surface area contributed by atoms with E-state index >= 15 is 0 Å². The maximum absolute atomic E-state index is 12.9. The van der Waals surface area contributed by atoms with Crippen molar-refractivity contribution in [1.29, 1.82) is 0 Å². The van der Waals surface area contributed by atoms with Gasteiger partial charge in [0.05, 0.1) is 6.20 Å². The maximum Gasteiger partial charge on any atom is 0.254 e. The molecule has 1 saturated heterocycles. The molecule has 1 aliphatic rings. The van der Waals surface area contributed by atoms with Crippen molar-refractivity contribution in [2.45, 2.75) is 51.2 Å². The number of ether oxygens (including phenoxy) is 1. The number of amides is 1. The number of halogens is 1. The number of hydrogen-bond donors (Lipinski definition) is 0. The van der Waals surface area contributed by atoms with E-state index in [1.807, 2.05) is 29.2 Å². The normalized spacial score (nSPS) is 18.2. The van der Waals surface area contributed by atoms with E-state index in [1.165, 1.54) is 0 Å². The highest BCUT2D eigenvalue weighted by atomic mass is 35.5. The summed E-state index contributed by atoms with van der Waals surface area (Å²) >= 11 is 6.05. The second kappa shape index (κ2) is 7.80. The van der Waals surface area contributed by atoms with Gasteiger partial charge >= 0.3 is 0 Å². The van der Waals surface area contributed by atoms with Crippen LogP contribution in [0.4, 0.5) is 0 Å². The van der Waals surface area contributed by atoms with Gasteiger partial charge in [-0.15, -0.1) is 0 Å². The molecule has 2 aromatic rings. The summed E-state index contributed by atoms with van der Waals surface area (Å²) in [5, 5.41) is 0.702. The van der Waals surface area contributed by atoms with Crippen LogP contribution in [0.25, 0.3) is 0 Å². The fourth-order valence-electron chi connectivity index (χ4n) is 3.27. The molecule has 26 heavy (non-hydrogen) atoms. The van der Waals surface area contributed by atoms with Crippen molar-refractivity contribution in [1.82, 2.24) is 9.88 Å². The number of likely N-dealkylation sites (tertiary alicyclic amines) is 1. The van der Waals surface area contributed by atoms with Crippen LogP contribution in [0.3, 0.4) is 0 Å². The standard InChI is InChI=1S/C20H25ClN2O3/c1-20(2,25-3)19(24)23-10-5-4-9-17(23)18-22-13-16(26-18)12-14-7-6-8-15(21)11-14/h6-8,11,13,17H,4-5,9-10,12H2,1-3H3/t17-/m0/s1. The van der Waals surface area contributed by atoms with Crippen molar-refractivity contribution >= 4 is 17.5 Å². The average Bonchev–Trinajstić information content (AvgIpc) is 3.09. The van der Waals surface area contributed by atoms with Crippen LogP contribution in [0.15, 0.2) is 34.9 Å². The molecule has 3 rings (SSSR count). The molecule has 140 valence electrons. The first-order valence-electron chi connectivity index (χ1n) is 8.96. The third kappa shape index (κ3) is 4.10. The van der Waals surface area contributed by atoms with Gasteiger partial charge in [0.15, 0.2) is 0 Å². The lowest BCUT2D eigenvalue weighted by Gasteiger charge is -2.38. The molecule has 1 aliphatic heterocycles. The summed E-state index contributed by atoms with van der Waals surface area (Å²) in [6, 6.07) is 7.55. The summed E-state index contributed by atoms with van der Waals surface area (Å²) in [4.78, 5) is 19.2. The zero-order chi connectivity index (χ0) is 18.7. The maximum atomic E-state index is 12.9. The van der Waals surface area contributed by atoms with E-state index in [4.69, 9.17) is 20.8 Å². The summed E-state index contributed by atoms with van der Waals surface area (Å²) < 4.78 is 11.4. The van der Waals surface area contributed by atoms with Crippen molar-refractivity contribution < 1.29 is 13.9 Å². The van der Waals surface area contributed by atoms with E-state index in [0.717, 1.165) is 30.6 Å². The van der Waals surface area contributed by atoms with Crippen LogP contribution in [0.2, 0.25) is 5.02 Å². The Morgan fingerprint density at radius 1 is 1.42 bits per heavy atom. The van der Waals surface area contributed by atoms with Gasteiger partial charge in [0.1, 0.15) is 17.4 Å². The molecule has 1 amide bonds. The number of carbonyl (C=O) groups is 1. The van der Waals surface area contributed by atoms with Gasteiger partial charge in [-0.05, 0) is 50.8 Å². The molecule has 0 radical (unpaired) electrons. The van der Waals surface area contributed by atoms with Crippen molar-refractivity contribution in [2.24, 2.45) is 0 Å². The predicted octanol–water partition coefficient (Wildman–Crippen LogP) is 4.40. The smallest absolute Gasteiger partial charge is 0.254 e. The SMILES string of the molecule is COC(C)(C)C(=O)N1CCCC[C@H]1c1ncc(Cc2cccc(Cl)c2)o1. The summed E-state index contributed by atoms with van der Waals surface area (Å²) in [6.45, 7) is 4.28. The van der Waals surface area contributed by atoms with Crippen LogP contribution in [-0.4, -0.2) is 35.0 Å². The first-order valence-corrected chi connectivity index (χ1v) is 9.34. The van der Waals surface area contributed by atoms with Crippen molar-refractivity contribution in [3.8, 4) is 0 Å². The highest BCUT2D eigenvalue weighted by Crippen LogP contribution is 2.33. The lowest BCUT2D eigenvalue weighted by molar-refractivity contribution is -0.155. The minimum atomic E-state index is -0.855. The van der Waals surface area contributed by atoms with Crippen LogP contribution in [0.1, 0.15) is 56.4 Å². The highest BCUT2D eigenvalue weighted by molar-refractivity contribution is 6.30. The van der Waals surface area contributed by atoms with Crippen molar-refractivity contribution in [3.63, 3.8) is 0 Å². The van der Waals surface area contributed by atoms with E-state index in [9.17, 15) is 4.79 Å². The molecule has 0 spiro atoms. The zero-order valence-corrected chi connectivity index (χ0v) is 16.3. The fourth-order valence-corrected chi connectivity index (χ4v) is 3.48. The van der Waals surface area contributed by atoms with E-state index < -0.39 is 5.60 Å². The third-order valence-electron chi connectivity index (χ3n) is 4.91. The summed E-state index contributed by atoms with van der Waals surface area (Å²) in [6.07, 6.45) is 5.25. The van der Waals surface area contributed by atoms with Gasteiger partial charge in [-0.3, -0.25) is 4.79 Å². The van der Waals surface area contributed by atoms with E-state index in [1.54, 1.807) is 27.2 Å². The van der Waals surface area contributed by atoms with Gasteiger partial charge in [0.25, 0.3) is 5.91 Å². The quantitative estimate of drug-likeness (QED) is 0.776. The summed E-state index contributed by atoms with van der Waals surface area (Å²) in [5.74, 6) is 1.34. The molecule has 1 aromatic carbocycles. The number of piperidine rings is 1. The molecule has 0 saturated carbocycles. The van der Waals surface area contributed by atoms with E-state index in [0.29, 0.717) is 23.9 Å². The Hall–Kier alpha value is -1.85. The Bertz CT molecular complexity index is 772. The molecule has 1 atom stereocenters. The van der Waals surface area contributed by atoms with Gasteiger partial charge in [0.2, 0.25) is 5.89 Å². The van der Waals surface area contributed by atoms with Gasteiger partial charge in [0, 0.05) is 25.1 Å². The third-order valence-corrected chi connectivity index (χ3v) is 5.15. The van der Waals surface area contributed by atoms with Gasteiger partial charge in [-0.2, -0.15) is 0 Å². The lowest BCUT2D eigenvalue weighted by Crippen LogP contribution is -2.49. The van der Waals surface area contributed by atoms with Gasteiger partial charge in [-0.1, -0.05) is 23.7 Å². The fraction of sp³-hybridized carbons (Fsp3) is 0.500. The van der Waals surface area contributed by atoms with Crippen LogP contribution in [0, 0.1) is 0 Å². The highest BCUT2D eigenvalue weighted by Gasteiger charge is 2.38. The number of methoxy groups -OCH3 is 1. The number of nitrogens with zero attached hydrogens (tertiary/aromatic N) is 2. The van der Waals surface area contributed by atoms with Gasteiger partial charge < -0.3 is 14.1 Å². The number of rotatable bonds is 5. The van der Waals surface area contributed by atoms with Crippen LogP contribution >= 0.6 is 11.6 Å². The molecule has 0 unspecified atom stereocenters. The second-order valence-electron chi connectivity index (χ2n) is 7.20. The molecule has 6 heteroatoms. The topological polar surface area (TPSA) is 55.6 Å². The molecule has 1 aromatic heterocycles. The molecule has 0 aliphatic carbocycles. The predicted molar refractivity (Wildman–Crippen MR) is 100 cm³/mol. The Morgan fingerprint density at radius 2 is 2.23 bits per heavy atom. The number of aromatic nitrogens is 1. The summed E-state index contributed by atoms with van der Waals surface area (Å²) in [7, 11) is 1.56. The zero-order valence-electron chi connectivity index (χ0n) is 15.5. The number of hydrogen-bond acceptors (Lipinski definition) is 4. The minimum absolute atomic E-state index is 0.0284. The molecule has 2 heterocycles. The van der Waals surface area contributed by atoms with Crippen molar-refractivity contribution in [3.05, 3.63) is 52.7 Å². The second-order valence-corrected chi connectivity index (χ2v) is 7.63. The number of oxazole rings is 1. The van der Waals surface area contributed by atoms with Crippen LogP contribution in [-0.2, 0) is 16.0 Å². The van der Waals surface area contributed by atoms with Crippen molar-refractivity contribution in [2.75, 3.05) is 13.7 Å². The first-order chi connectivity index (χ1) is 12.4. The minimum Gasteiger partial charge on any atom is -0.443 e. The molecule has 1 fully saturated rings. The largest absolute Gasteiger partial charge is 0.443 e.